The van der Waals surface area contributed by atoms with Gasteiger partial charge in [0.25, 0.3) is 0 Å². The Morgan fingerprint density at radius 2 is 1.96 bits per heavy atom. The lowest BCUT2D eigenvalue weighted by Crippen LogP contribution is -2.37. The molecular formula is C19H25NO3. The number of aliphatic hydroxyl groups excluding tert-OH is 1. The molecule has 1 aromatic heterocycles. The molecule has 0 saturated carbocycles. The summed E-state index contributed by atoms with van der Waals surface area (Å²) in [6, 6.07) is 12.0. The standard InChI is InChI=1S/C19H25NO3/c1-15-4-6-17(7-5-15)22-14-16-3-2-10-20(11-16)12-18-8-9-19(13-21)23-18/h4-9,16,21H,2-3,10-14H2,1H3. The van der Waals surface area contributed by atoms with Crippen molar-refractivity contribution in [1.82, 2.24) is 4.90 Å². The third-order valence-electron chi connectivity index (χ3n) is 4.36. The van der Waals surface area contributed by atoms with Crippen molar-refractivity contribution < 1.29 is 14.3 Å². The van der Waals surface area contributed by atoms with Gasteiger partial charge in [0.05, 0.1) is 13.2 Å². The van der Waals surface area contributed by atoms with E-state index in [-0.39, 0.29) is 6.61 Å². The molecule has 4 heteroatoms. The largest absolute Gasteiger partial charge is 0.493 e. The Morgan fingerprint density at radius 1 is 1.17 bits per heavy atom. The smallest absolute Gasteiger partial charge is 0.129 e. The van der Waals surface area contributed by atoms with E-state index in [1.165, 1.54) is 18.4 Å². The Kier molecular flexibility index (Phi) is 5.36. The van der Waals surface area contributed by atoms with E-state index < -0.39 is 0 Å². The predicted octanol–water partition coefficient (Wildman–Crippen LogP) is 3.37. The van der Waals surface area contributed by atoms with Crippen molar-refractivity contribution in [3.8, 4) is 5.75 Å². The molecule has 0 spiro atoms. The van der Waals surface area contributed by atoms with Crippen molar-refractivity contribution in [2.75, 3.05) is 19.7 Å². The van der Waals surface area contributed by atoms with Crippen LogP contribution < -0.4 is 4.74 Å². The average molecular weight is 315 g/mol. The highest BCUT2D eigenvalue weighted by Gasteiger charge is 2.21. The average Bonchev–Trinajstić information content (AvgIpc) is 3.02. The zero-order valence-electron chi connectivity index (χ0n) is 13.7. The van der Waals surface area contributed by atoms with Gasteiger partial charge >= 0.3 is 0 Å². The van der Waals surface area contributed by atoms with E-state index in [2.05, 4.69) is 24.0 Å². The SMILES string of the molecule is Cc1ccc(OCC2CCCN(Cc3ccc(CO)o3)C2)cc1. The fraction of sp³-hybridized carbons (Fsp3) is 0.474. The Hall–Kier alpha value is -1.78. The maximum Gasteiger partial charge on any atom is 0.129 e. The summed E-state index contributed by atoms with van der Waals surface area (Å²) in [7, 11) is 0. The van der Waals surface area contributed by atoms with Crippen LogP contribution in [0, 0.1) is 12.8 Å². The van der Waals surface area contributed by atoms with Gasteiger partial charge in [-0.05, 0) is 50.6 Å². The molecule has 1 unspecified atom stereocenters. The third-order valence-corrected chi connectivity index (χ3v) is 4.36. The van der Waals surface area contributed by atoms with Crippen LogP contribution in [-0.4, -0.2) is 29.7 Å². The molecule has 0 amide bonds. The van der Waals surface area contributed by atoms with E-state index in [0.29, 0.717) is 11.7 Å². The van der Waals surface area contributed by atoms with Gasteiger partial charge in [0.15, 0.2) is 0 Å². The lowest BCUT2D eigenvalue weighted by Gasteiger charge is -2.32. The summed E-state index contributed by atoms with van der Waals surface area (Å²) in [4.78, 5) is 2.41. The molecule has 1 aromatic carbocycles. The van der Waals surface area contributed by atoms with Crippen LogP contribution in [0.25, 0.3) is 0 Å². The van der Waals surface area contributed by atoms with Crippen molar-refractivity contribution in [3.05, 3.63) is 53.5 Å². The van der Waals surface area contributed by atoms with E-state index in [9.17, 15) is 0 Å². The number of aryl methyl sites for hydroxylation is 1. The topological polar surface area (TPSA) is 45.8 Å². The molecule has 1 aliphatic rings. The van der Waals surface area contributed by atoms with Crippen molar-refractivity contribution >= 4 is 0 Å². The molecular weight excluding hydrogens is 290 g/mol. The lowest BCUT2D eigenvalue weighted by molar-refractivity contribution is 0.117. The first kappa shape index (κ1) is 16.1. The third kappa shape index (κ3) is 4.60. The Balaban J connectivity index is 1.48. The second-order valence-electron chi connectivity index (χ2n) is 6.39. The van der Waals surface area contributed by atoms with Gasteiger partial charge in [0.2, 0.25) is 0 Å². The molecule has 3 rings (SSSR count). The van der Waals surface area contributed by atoms with E-state index in [1.54, 1.807) is 0 Å². The number of piperidine rings is 1. The van der Waals surface area contributed by atoms with Gasteiger partial charge in [-0.15, -0.1) is 0 Å². The number of ether oxygens (including phenoxy) is 1. The van der Waals surface area contributed by atoms with Crippen LogP contribution in [0.15, 0.2) is 40.8 Å². The van der Waals surface area contributed by atoms with Gasteiger partial charge in [0.1, 0.15) is 23.9 Å². The van der Waals surface area contributed by atoms with Gasteiger partial charge in [-0.2, -0.15) is 0 Å². The highest BCUT2D eigenvalue weighted by Crippen LogP contribution is 2.21. The Bertz CT molecular complexity index is 605. The van der Waals surface area contributed by atoms with Gasteiger partial charge < -0.3 is 14.3 Å². The number of benzene rings is 1. The fourth-order valence-electron chi connectivity index (χ4n) is 3.09. The first-order chi connectivity index (χ1) is 11.2. The highest BCUT2D eigenvalue weighted by atomic mass is 16.5. The number of hydrogen-bond acceptors (Lipinski definition) is 4. The molecule has 1 N–H and O–H groups in total. The van der Waals surface area contributed by atoms with Gasteiger partial charge in [-0.1, -0.05) is 17.7 Å². The first-order valence-corrected chi connectivity index (χ1v) is 8.33. The predicted molar refractivity (Wildman–Crippen MR) is 89.3 cm³/mol. The van der Waals surface area contributed by atoms with Crippen LogP contribution in [0.1, 0.15) is 29.9 Å². The van der Waals surface area contributed by atoms with Crippen molar-refractivity contribution in [3.63, 3.8) is 0 Å². The van der Waals surface area contributed by atoms with E-state index in [0.717, 1.165) is 37.8 Å². The highest BCUT2D eigenvalue weighted by molar-refractivity contribution is 5.26. The molecule has 1 saturated heterocycles. The lowest BCUT2D eigenvalue weighted by atomic mass is 9.99. The maximum atomic E-state index is 9.07. The van der Waals surface area contributed by atoms with Crippen LogP contribution in [0.4, 0.5) is 0 Å². The Labute approximate surface area is 137 Å². The monoisotopic (exact) mass is 315 g/mol. The minimum atomic E-state index is -0.0347. The fourth-order valence-corrected chi connectivity index (χ4v) is 3.09. The van der Waals surface area contributed by atoms with E-state index in [1.807, 2.05) is 24.3 Å². The van der Waals surface area contributed by atoms with Crippen LogP contribution in [0.2, 0.25) is 0 Å². The molecule has 4 nitrogen and oxygen atoms in total. The number of rotatable bonds is 6. The van der Waals surface area contributed by atoms with Crippen molar-refractivity contribution in [1.29, 1.82) is 0 Å². The van der Waals surface area contributed by atoms with E-state index >= 15 is 0 Å². The number of nitrogens with zero attached hydrogens (tertiary/aromatic N) is 1. The summed E-state index contributed by atoms with van der Waals surface area (Å²) in [6.45, 7) is 5.74. The minimum Gasteiger partial charge on any atom is -0.493 e. The second-order valence-corrected chi connectivity index (χ2v) is 6.39. The molecule has 0 radical (unpaired) electrons. The number of hydrogen-bond donors (Lipinski definition) is 1. The molecule has 1 atom stereocenters. The zero-order valence-corrected chi connectivity index (χ0v) is 13.7. The van der Waals surface area contributed by atoms with Gasteiger partial charge in [-0.3, -0.25) is 4.90 Å². The number of aliphatic hydroxyl groups is 1. The molecule has 23 heavy (non-hydrogen) atoms. The number of likely N-dealkylation sites (tertiary alicyclic amines) is 1. The molecule has 0 bridgehead atoms. The molecule has 2 aromatic rings. The van der Waals surface area contributed by atoms with E-state index in [4.69, 9.17) is 14.3 Å². The summed E-state index contributed by atoms with van der Waals surface area (Å²) in [6.07, 6.45) is 2.40. The first-order valence-electron chi connectivity index (χ1n) is 8.33. The molecule has 1 fully saturated rings. The van der Waals surface area contributed by atoms with Crippen LogP contribution in [0.3, 0.4) is 0 Å². The number of furan rings is 1. The summed E-state index contributed by atoms with van der Waals surface area (Å²) in [5.74, 6) is 3.06. The zero-order chi connectivity index (χ0) is 16.1. The van der Waals surface area contributed by atoms with Crippen LogP contribution in [0.5, 0.6) is 5.75 Å². The summed E-state index contributed by atoms with van der Waals surface area (Å²) in [5.41, 5.74) is 1.25. The Morgan fingerprint density at radius 3 is 2.70 bits per heavy atom. The molecule has 0 aliphatic carbocycles. The molecule has 2 heterocycles. The van der Waals surface area contributed by atoms with Crippen molar-refractivity contribution in [2.24, 2.45) is 5.92 Å². The van der Waals surface area contributed by atoms with Crippen LogP contribution in [-0.2, 0) is 13.2 Å². The quantitative estimate of drug-likeness (QED) is 0.888. The van der Waals surface area contributed by atoms with Crippen molar-refractivity contribution in [2.45, 2.75) is 32.9 Å². The summed E-state index contributed by atoms with van der Waals surface area (Å²) < 4.78 is 11.5. The molecule has 1 aliphatic heterocycles. The van der Waals surface area contributed by atoms with Gasteiger partial charge in [0, 0.05) is 12.5 Å². The second kappa shape index (κ2) is 7.66. The summed E-state index contributed by atoms with van der Waals surface area (Å²) in [5, 5.41) is 9.07. The van der Waals surface area contributed by atoms with Gasteiger partial charge in [-0.25, -0.2) is 0 Å². The van der Waals surface area contributed by atoms with Crippen LogP contribution >= 0.6 is 0 Å². The normalized spacial score (nSPS) is 19.0. The summed E-state index contributed by atoms with van der Waals surface area (Å²) >= 11 is 0. The molecule has 124 valence electrons. The minimum absolute atomic E-state index is 0.0347. The maximum absolute atomic E-state index is 9.07.